The molecule has 0 aliphatic carbocycles. The number of halogens is 1. The van der Waals surface area contributed by atoms with Crippen molar-refractivity contribution in [2.24, 2.45) is 0 Å². The standard InChI is InChI=1S/C12H14ClN3S/c1-8-12(17-7-16-8)6-15-5-9-2-3-11(14)10(13)4-9/h2-4,7,15H,5-6,14H2,1H3. The summed E-state index contributed by atoms with van der Waals surface area (Å²) in [4.78, 5) is 5.48. The van der Waals surface area contributed by atoms with Gasteiger partial charge in [-0.15, -0.1) is 11.3 Å². The smallest absolute Gasteiger partial charge is 0.0798 e. The average molecular weight is 268 g/mol. The van der Waals surface area contributed by atoms with Gasteiger partial charge in [-0.25, -0.2) is 4.98 Å². The van der Waals surface area contributed by atoms with Crippen LogP contribution in [0.25, 0.3) is 0 Å². The molecule has 0 spiro atoms. The summed E-state index contributed by atoms with van der Waals surface area (Å²) < 4.78 is 0. The third-order valence-electron chi connectivity index (χ3n) is 2.52. The molecule has 1 aromatic heterocycles. The number of hydrogen-bond donors (Lipinski definition) is 2. The maximum atomic E-state index is 5.96. The fraction of sp³-hybridized carbons (Fsp3) is 0.250. The van der Waals surface area contributed by atoms with E-state index in [2.05, 4.69) is 10.3 Å². The molecular weight excluding hydrogens is 254 g/mol. The molecule has 1 aromatic carbocycles. The van der Waals surface area contributed by atoms with Crippen molar-refractivity contribution in [3.05, 3.63) is 44.9 Å². The molecule has 0 saturated heterocycles. The summed E-state index contributed by atoms with van der Waals surface area (Å²) in [6.07, 6.45) is 0. The molecule has 3 nitrogen and oxygen atoms in total. The maximum Gasteiger partial charge on any atom is 0.0798 e. The van der Waals surface area contributed by atoms with Gasteiger partial charge in [0.2, 0.25) is 0 Å². The van der Waals surface area contributed by atoms with Crippen LogP contribution in [-0.4, -0.2) is 4.98 Å². The van der Waals surface area contributed by atoms with E-state index in [1.54, 1.807) is 11.3 Å². The molecule has 17 heavy (non-hydrogen) atoms. The predicted molar refractivity (Wildman–Crippen MR) is 73.3 cm³/mol. The Balaban J connectivity index is 1.90. The quantitative estimate of drug-likeness (QED) is 0.838. The number of hydrogen-bond acceptors (Lipinski definition) is 4. The molecule has 1 heterocycles. The first-order valence-electron chi connectivity index (χ1n) is 5.30. The van der Waals surface area contributed by atoms with Gasteiger partial charge in [-0.05, 0) is 24.6 Å². The average Bonchev–Trinajstić information content (AvgIpc) is 2.70. The largest absolute Gasteiger partial charge is 0.398 e. The summed E-state index contributed by atoms with van der Waals surface area (Å²) >= 11 is 7.63. The molecular formula is C12H14ClN3S. The lowest BCUT2D eigenvalue weighted by Crippen LogP contribution is -2.12. The minimum absolute atomic E-state index is 0.610. The summed E-state index contributed by atoms with van der Waals surface area (Å²) in [6.45, 7) is 3.63. The van der Waals surface area contributed by atoms with Crippen LogP contribution in [0.1, 0.15) is 16.1 Å². The van der Waals surface area contributed by atoms with Crippen LogP contribution in [-0.2, 0) is 13.1 Å². The van der Waals surface area contributed by atoms with Crippen molar-refractivity contribution in [1.29, 1.82) is 0 Å². The first-order chi connectivity index (χ1) is 8.16. The molecule has 0 amide bonds. The number of nitrogens with zero attached hydrogens (tertiary/aromatic N) is 1. The van der Waals surface area contributed by atoms with Crippen LogP contribution in [0.3, 0.4) is 0 Å². The number of nitrogens with two attached hydrogens (primary N) is 1. The van der Waals surface area contributed by atoms with E-state index in [1.807, 2.05) is 30.6 Å². The molecule has 0 radical (unpaired) electrons. The lowest BCUT2D eigenvalue weighted by atomic mass is 10.2. The summed E-state index contributed by atoms with van der Waals surface area (Å²) in [7, 11) is 0. The number of nitrogen functional groups attached to an aromatic ring is 1. The van der Waals surface area contributed by atoms with Crippen LogP contribution in [0.15, 0.2) is 23.7 Å². The van der Waals surface area contributed by atoms with Crippen LogP contribution in [0.5, 0.6) is 0 Å². The third-order valence-corrected chi connectivity index (χ3v) is 3.79. The van der Waals surface area contributed by atoms with E-state index in [4.69, 9.17) is 17.3 Å². The van der Waals surface area contributed by atoms with Gasteiger partial charge in [0.25, 0.3) is 0 Å². The van der Waals surface area contributed by atoms with Crippen molar-refractivity contribution in [2.75, 3.05) is 5.73 Å². The Morgan fingerprint density at radius 2 is 2.24 bits per heavy atom. The van der Waals surface area contributed by atoms with Gasteiger partial charge < -0.3 is 11.1 Å². The van der Waals surface area contributed by atoms with Crippen LogP contribution < -0.4 is 11.1 Å². The number of benzene rings is 1. The molecule has 2 rings (SSSR count). The zero-order chi connectivity index (χ0) is 12.3. The minimum Gasteiger partial charge on any atom is -0.398 e. The summed E-state index contributed by atoms with van der Waals surface area (Å²) in [5.74, 6) is 0. The second-order valence-corrected chi connectivity index (χ2v) is 5.17. The molecule has 0 unspecified atom stereocenters. The summed E-state index contributed by atoms with van der Waals surface area (Å²) in [5, 5.41) is 3.97. The molecule has 0 fully saturated rings. The first-order valence-corrected chi connectivity index (χ1v) is 6.56. The van der Waals surface area contributed by atoms with E-state index in [-0.39, 0.29) is 0 Å². The van der Waals surface area contributed by atoms with Gasteiger partial charge in [0.15, 0.2) is 0 Å². The van der Waals surface area contributed by atoms with Crippen LogP contribution in [0, 0.1) is 6.92 Å². The molecule has 0 aliphatic rings. The molecule has 0 atom stereocenters. The lowest BCUT2D eigenvalue weighted by molar-refractivity contribution is 0.697. The van der Waals surface area contributed by atoms with E-state index >= 15 is 0 Å². The number of thiazole rings is 1. The maximum absolute atomic E-state index is 5.96. The predicted octanol–water partition coefficient (Wildman–Crippen LogP) is 2.98. The molecule has 5 heteroatoms. The topological polar surface area (TPSA) is 50.9 Å². The Morgan fingerprint density at radius 3 is 2.88 bits per heavy atom. The second-order valence-electron chi connectivity index (χ2n) is 3.82. The number of rotatable bonds is 4. The number of anilines is 1. The van der Waals surface area contributed by atoms with Crippen molar-refractivity contribution >= 4 is 28.6 Å². The van der Waals surface area contributed by atoms with Crippen LogP contribution >= 0.6 is 22.9 Å². The van der Waals surface area contributed by atoms with Crippen molar-refractivity contribution in [3.8, 4) is 0 Å². The van der Waals surface area contributed by atoms with E-state index in [0.717, 1.165) is 24.3 Å². The van der Waals surface area contributed by atoms with E-state index in [9.17, 15) is 0 Å². The van der Waals surface area contributed by atoms with Gasteiger partial charge in [0, 0.05) is 18.0 Å². The van der Waals surface area contributed by atoms with Crippen molar-refractivity contribution in [3.63, 3.8) is 0 Å². The van der Waals surface area contributed by atoms with Gasteiger partial charge in [0.05, 0.1) is 21.9 Å². The minimum atomic E-state index is 0.610. The van der Waals surface area contributed by atoms with Gasteiger partial charge in [0.1, 0.15) is 0 Å². The highest BCUT2D eigenvalue weighted by molar-refractivity contribution is 7.09. The zero-order valence-corrected chi connectivity index (χ0v) is 11.1. The molecule has 90 valence electrons. The van der Waals surface area contributed by atoms with Gasteiger partial charge >= 0.3 is 0 Å². The Kier molecular flexibility index (Phi) is 3.99. The summed E-state index contributed by atoms with van der Waals surface area (Å²) in [5.41, 5.74) is 10.4. The lowest BCUT2D eigenvalue weighted by Gasteiger charge is -2.05. The van der Waals surface area contributed by atoms with E-state index in [0.29, 0.717) is 10.7 Å². The SMILES string of the molecule is Cc1ncsc1CNCc1ccc(N)c(Cl)c1. The number of aromatic nitrogens is 1. The number of nitrogens with one attached hydrogen (secondary N) is 1. The molecule has 0 saturated carbocycles. The van der Waals surface area contributed by atoms with E-state index in [1.165, 1.54) is 4.88 Å². The molecule has 0 aliphatic heterocycles. The first kappa shape index (κ1) is 12.4. The normalized spacial score (nSPS) is 10.7. The van der Waals surface area contributed by atoms with Crippen molar-refractivity contribution in [1.82, 2.24) is 10.3 Å². The molecule has 2 aromatic rings. The Labute approximate surface area is 110 Å². The van der Waals surface area contributed by atoms with Crippen molar-refractivity contribution in [2.45, 2.75) is 20.0 Å². The van der Waals surface area contributed by atoms with E-state index < -0.39 is 0 Å². The Hall–Kier alpha value is -1.10. The highest BCUT2D eigenvalue weighted by atomic mass is 35.5. The molecule has 3 N–H and O–H groups in total. The monoisotopic (exact) mass is 267 g/mol. The number of aryl methyl sites for hydroxylation is 1. The highest BCUT2D eigenvalue weighted by Crippen LogP contribution is 2.19. The van der Waals surface area contributed by atoms with Crippen molar-refractivity contribution < 1.29 is 0 Å². The fourth-order valence-electron chi connectivity index (χ4n) is 1.50. The summed E-state index contributed by atoms with van der Waals surface area (Å²) in [6, 6.07) is 5.70. The third kappa shape index (κ3) is 3.19. The van der Waals surface area contributed by atoms with Gasteiger partial charge in [-0.1, -0.05) is 17.7 Å². The van der Waals surface area contributed by atoms with Crippen LogP contribution in [0.2, 0.25) is 5.02 Å². The Bertz CT molecular complexity index is 510. The zero-order valence-electron chi connectivity index (χ0n) is 9.53. The highest BCUT2D eigenvalue weighted by Gasteiger charge is 2.02. The van der Waals surface area contributed by atoms with Gasteiger partial charge in [-0.2, -0.15) is 0 Å². The Morgan fingerprint density at radius 1 is 1.41 bits per heavy atom. The molecule has 0 bridgehead atoms. The van der Waals surface area contributed by atoms with Crippen LogP contribution in [0.4, 0.5) is 5.69 Å². The van der Waals surface area contributed by atoms with Gasteiger partial charge in [-0.3, -0.25) is 0 Å². The second kappa shape index (κ2) is 5.49. The fourth-order valence-corrected chi connectivity index (χ4v) is 2.45.